The van der Waals surface area contributed by atoms with Crippen molar-refractivity contribution < 1.29 is 31.9 Å². The Bertz CT molecular complexity index is 523. The molecule has 1 atom stereocenters. The van der Waals surface area contributed by atoms with E-state index in [-0.39, 0.29) is 6.54 Å². The lowest BCUT2D eigenvalue weighted by Gasteiger charge is -2.23. The van der Waals surface area contributed by atoms with Gasteiger partial charge in [0.1, 0.15) is 6.54 Å². The summed E-state index contributed by atoms with van der Waals surface area (Å²) in [6, 6.07) is 5.16. The molecular formula is C12H21N2O5S+. The van der Waals surface area contributed by atoms with E-state index in [1.165, 1.54) is 11.5 Å². The van der Waals surface area contributed by atoms with Gasteiger partial charge in [-0.15, -0.1) is 0 Å². The van der Waals surface area contributed by atoms with E-state index >= 15 is 0 Å². The highest BCUT2D eigenvalue weighted by molar-refractivity contribution is 7.85. The molecule has 0 fully saturated rings. The second kappa shape index (κ2) is 7.32. The van der Waals surface area contributed by atoms with Crippen molar-refractivity contribution in [3.05, 3.63) is 30.6 Å². The van der Waals surface area contributed by atoms with Gasteiger partial charge in [-0.3, -0.25) is 4.55 Å². The van der Waals surface area contributed by atoms with Crippen LogP contribution in [0.1, 0.15) is 12.3 Å². The van der Waals surface area contributed by atoms with Gasteiger partial charge in [-0.2, -0.15) is 13.0 Å². The topological polar surface area (TPSA) is 98.4 Å². The van der Waals surface area contributed by atoms with E-state index in [0.29, 0.717) is 4.48 Å². The third-order valence-electron chi connectivity index (χ3n) is 2.19. The highest BCUT2D eigenvalue weighted by atomic mass is 32.2. The van der Waals surface area contributed by atoms with Gasteiger partial charge in [0, 0.05) is 19.1 Å². The minimum Gasteiger partial charge on any atom is -0.544 e. The Hall–Kier alpha value is -1.51. The fourth-order valence-corrected chi connectivity index (χ4v) is 1.64. The van der Waals surface area contributed by atoms with Crippen LogP contribution in [0.5, 0.6) is 0 Å². The molecule has 0 bridgehead atoms. The summed E-state index contributed by atoms with van der Waals surface area (Å²) in [5.41, 5.74) is 0. The third kappa shape index (κ3) is 8.57. The molecule has 1 aromatic heterocycles. The van der Waals surface area contributed by atoms with E-state index in [0.717, 1.165) is 0 Å². The molecule has 1 rings (SSSR count). The van der Waals surface area contributed by atoms with Crippen molar-refractivity contribution in [1.82, 2.24) is 0 Å². The van der Waals surface area contributed by atoms with E-state index < -0.39 is 21.5 Å². The average Bonchev–Trinajstić information content (AvgIpc) is 2.25. The number of hydrogen-bond acceptors (Lipinski definition) is 4. The Kier molecular flexibility index (Phi) is 6.77. The molecule has 1 N–H and O–H groups in total. The number of nitrogens with zero attached hydrogens (tertiary/aromatic N) is 2. The van der Waals surface area contributed by atoms with Gasteiger partial charge in [-0.1, -0.05) is 6.07 Å². The molecule has 0 aliphatic heterocycles. The van der Waals surface area contributed by atoms with Gasteiger partial charge in [-0.25, -0.2) is 0 Å². The fourth-order valence-electron chi connectivity index (χ4n) is 1.20. The van der Waals surface area contributed by atoms with Gasteiger partial charge < -0.3 is 14.4 Å². The van der Waals surface area contributed by atoms with E-state index in [4.69, 9.17) is 4.55 Å². The minimum atomic E-state index is -3.99. The zero-order valence-electron chi connectivity index (χ0n) is 12.1. The van der Waals surface area contributed by atoms with Gasteiger partial charge in [0.25, 0.3) is 5.37 Å². The lowest BCUT2D eigenvalue weighted by atomic mass is 10.5. The summed E-state index contributed by atoms with van der Waals surface area (Å²) in [5.74, 6) is -1.00. The van der Waals surface area contributed by atoms with Crippen molar-refractivity contribution in [2.45, 2.75) is 12.3 Å². The van der Waals surface area contributed by atoms with Crippen molar-refractivity contribution >= 4 is 16.1 Å². The van der Waals surface area contributed by atoms with Crippen LogP contribution in [0.15, 0.2) is 30.6 Å². The second-order valence-electron chi connectivity index (χ2n) is 5.26. The summed E-state index contributed by atoms with van der Waals surface area (Å²) >= 11 is 0. The molecule has 0 radical (unpaired) electrons. The van der Waals surface area contributed by atoms with Crippen LogP contribution in [0.25, 0.3) is 0 Å². The van der Waals surface area contributed by atoms with Crippen LogP contribution < -0.4 is 9.67 Å². The van der Waals surface area contributed by atoms with Crippen molar-refractivity contribution in [2.24, 2.45) is 0 Å². The van der Waals surface area contributed by atoms with Crippen LogP contribution >= 0.6 is 0 Å². The SMILES string of the molecule is CC([n+]1ccccc1)S(=O)(=O)O.C[N+](C)(C)CC(=O)[O-]. The van der Waals surface area contributed by atoms with Crippen LogP contribution in [0.2, 0.25) is 0 Å². The van der Waals surface area contributed by atoms with Crippen LogP contribution in [-0.2, 0) is 14.9 Å². The maximum absolute atomic E-state index is 10.7. The maximum Gasteiger partial charge on any atom is 0.329 e. The molecule has 0 aliphatic carbocycles. The van der Waals surface area contributed by atoms with E-state index in [1.54, 1.807) is 51.7 Å². The van der Waals surface area contributed by atoms with E-state index in [9.17, 15) is 18.3 Å². The number of aliphatic carboxylic acids is 1. The first kappa shape index (κ1) is 18.5. The number of hydrogen-bond donors (Lipinski definition) is 1. The molecule has 0 aliphatic rings. The first-order valence-electron chi connectivity index (χ1n) is 5.86. The molecular weight excluding hydrogens is 284 g/mol. The number of likely N-dealkylation sites (N-methyl/N-ethyl adjacent to an activating group) is 1. The smallest absolute Gasteiger partial charge is 0.329 e. The summed E-state index contributed by atoms with van der Waals surface area (Å²) in [6.07, 6.45) is 3.16. The minimum absolute atomic E-state index is 0.0694. The van der Waals surface area contributed by atoms with Crippen LogP contribution in [0.3, 0.4) is 0 Å². The third-order valence-corrected chi connectivity index (χ3v) is 3.30. The Balaban J connectivity index is 0.000000396. The molecule has 1 heterocycles. The monoisotopic (exact) mass is 305 g/mol. The molecule has 114 valence electrons. The number of pyridine rings is 1. The largest absolute Gasteiger partial charge is 0.544 e. The molecule has 1 aromatic rings. The molecule has 20 heavy (non-hydrogen) atoms. The Labute approximate surface area is 119 Å². The number of quaternary nitrogens is 1. The maximum atomic E-state index is 10.7. The molecule has 0 amide bonds. The number of rotatable bonds is 4. The van der Waals surface area contributed by atoms with Crippen molar-refractivity contribution in [3.8, 4) is 0 Å². The normalized spacial score (nSPS) is 13.1. The number of carboxylic acid groups (broad SMARTS) is 1. The van der Waals surface area contributed by atoms with Crippen LogP contribution in [-0.4, -0.2) is 51.1 Å². The van der Waals surface area contributed by atoms with Gasteiger partial charge in [-0.05, 0) is 0 Å². The lowest BCUT2D eigenvalue weighted by Crippen LogP contribution is -2.45. The summed E-state index contributed by atoms with van der Waals surface area (Å²) in [5, 5.41) is 8.96. The quantitative estimate of drug-likeness (QED) is 0.429. The van der Waals surface area contributed by atoms with Gasteiger partial charge in [0.05, 0.1) is 27.1 Å². The number of carbonyl (C=O) groups excluding carboxylic acids is 1. The second-order valence-corrected chi connectivity index (χ2v) is 6.97. The lowest BCUT2D eigenvalue weighted by molar-refractivity contribution is -0.864. The first-order valence-corrected chi connectivity index (χ1v) is 7.36. The molecule has 0 spiro atoms. The van der Waals surface area contributed by atoms with Crippen LogP contribution in [0, 0.1) is 0 Å². The summed E-state index contributed by atoms with van der Waals surface area (Å²) in [6.45, 7) is 1.48. The molecule has 7 nitrogen and oxygen atoms in total. The summed E-state index contributed by atoms with van der Waals surface area (Å²) < 4.78 is 31.9. The molecule has 1 unspecified atom stereocenters. The van der Waals surface area contributed by atoms with Gasteiger partial charge in [0.2, 0.25) is 0 Å². The van der Waals surface area contributed by atoms with Gasteiger partial charge >= 0.3 is 10.1 Å². The van der Waals surface area contributed by atoms with E-state index in [1.807, 2.05) is 0 Å². The predicted molar refractivity (Wildman–Crippen MR) is 70.8 cm³/mol. The molecule has 8 heteroatoms. The number of carboxylic acids is 1. The van der Waals surface area contributed by atoms with Crippen molar-refractivity contribution in [3.63, 3.8) is 0 Å². The zero-order chi connectivity index (χ0) is 16.0. The van der Waals surface area contributed by atoms with Gasteiger partial charge in [0.15, 0.2) is 12.4 Å². The van der Waals surface area contributed by atoms with Crippen molar-refractivity contribution in [2.75, 3.05) is 27.7 Å². The molecule has 0 saturated heterocycles. The first-order chi connectivity index (χ1) is 8.93. The summed E-state index contributed by atoms with van der Waals surface area (Å²) in [4.78, 5) is 9.89. The fraction of sp³-hybridized carbons (Fsp3) is 0.500. The van der Waals surface area contributed by atoms with Crippen LogP contribution in [0.4, 0.5) is 0 Å². The van der Waals surface area contributed by atoms with E-state index in [2.05, 4.69) is 0 Å². The number of carbonyl (C=O) groups is 1. The standard InChI is InChI=1S/C7H9NO3S.C5H11NO2/c1-7(12(9,10)11)8-5-3-2-4-6-8;1-6(2,3)4-5(7)8/h2-7H,1H3;4H2,1-3H3/p+1. The summed E-state index contributed by atoms with van der Waals surface area (Å²) in [7, 11) is 1.41. The highest BCUT2D eigenvalue weighted by Gasteiger charge is 2.25. The average molecular weight is 305 g/mol. The Morgan fingerprint density at radius 3 is 1.95 bits per heavy atom. The Morgan fingerprint density at radius 1 is 1.25 bits per heavy atom. The zero-order valence-corrected chi connectivity index (χ0v) is 12.9. The van der Waals surface area contributed by atoms with Crippen molar-refractivity contribution in [1.29, 1.82) is 0 Å². The number of aromatic nitrogens is 1. The highest BCUT2D eigenvalue weighted by Crippen LogP contribution is 2.01. The molecule has 0 saturated carbocycles. The molecule has 0 aromatic carbocycles. The Morgan fingerprint density at radius 2 is 1.70 bits per heavy atom. The predicted octanol–water partition coefficient (Wildman–Crippen LogP) is -1.18.